The number of nitrogens with one attached hydrogen (secondary N) is 1. The Morgan fingerprint density at radius 1 is 1.35 bits per heavy atom. The van der Waals surface area contributed by atoms with Crippen LogP contribution in [-0.4, -0.2) is 40.6 Å². The second-order valence-corrected chi connectivity index (χ2v) is 6.34. The third kappa shape index (κ3) is 3.87. The van der Waals surface area contributed by atoms with Crippen LogP contribution < -0.4 is 5.32 Å². The highest BCUT2D eigenvalue weighted by molar-refractivity contribution is 5.76. The molecule has 2 aliphatic rings. The standard InChI is InChI=1S/C15H26N2O3/c1-3-13(9-11-4-5-11)16-15(20)17-7-6-12(14(18)19)8-10(17)2/h10-13H,3-9H2,1-2H3,(H,16,20)(H,18,19). The van der Waals surface area contributed by atoms with Gasteiger partial charge in [0.05, 0.1) is 5.92 Å². The first-order chi connectivity index (χ1) is 9.51. The molecule has 2 rings (SSSR count). The number of piperidine rings is 1. The summed E-state index contributed by atoms with van der Waals surface area (Å²) in [6.45, 7) is 4.59. The Morgan fingerprint density at radius 3 is 2.55 bits per heavy atom. The summed E-state index contributed by atoms with van der Waals surface area (Å²) >= 11 is 0. The molecule has 2 fully saturated rings. The fourth-order valence-corrected chi connectivity index (χ4v) is 3.04. The maximum absolute atomic E-state index is 12.3. The van der Waals surface area contributed by atoms with Crippen molar-refractivity contribution in [3.63, 3.8) is 0 Å². The number of carbonyl (C=O) groups is 2. The van der Waals surface area contributed by atoms with E-state index in [4.69, 9.17) is 5.11 Å². The molecule has 0 aromatic heterocycles. The number of carbonyl (C=O) groups excluding carboxylic acids is 1. The monoisotopic (exact) mass is 282 g/mol. The molecule has 1 heterocycles. The van der Waals surface area contributed by atoms with Gasteiger partial charge in [0.2, 0.25) is 0 Å². The highest BCUT2D eigenvalue weighted by Crippen LogP contribution is 2.34. The van der Waals surface area contributed by atoms with E-state index in [1.807, 2.05) is 6.92 Å². The lowest BCUT2D eigenvalue weighted by molar-refractivity contribution is -0.143. The molecule has 1 aliphatic heterocycles. The molecule has 1 aliphatic carbocycles. The third-order valence-electron chi connectivity index (χ3n) is 4.62. The van der Waals surface area contributed by atoms with E-state index in [9.17, 15) is 9.59 Å². The van der Waals surface area contributed by atoms with Gasteiger partial charge in [-0.25, -0.2) is 4.79 Å². The fraction of sp³-hybridized carbons (Fsp3) is 0.867. The second kappa shape index (κ2) is 6.46. The highest BCUT2D eigenvalue weighted by atomic mass is 16.4. The second-order valence-electron chi connectivity index (χ2n) is 6.34. The van der Waals surface area contributed by atoms with Crippen molar-refractivity contribution in [2.45, 2.75) is 64.5 Å². The predicted octanol–water partition coefficient (Wildman–Crippen LogP) is 2.46. The van der Waals surface area contributed by atoms with Crippen LogP contribution in [0.3, 0.4) is 0 Å². The van der Waals surface area contributed by atoms with Crippen LogP contribution in [0, 0.1) is 11.8 Å². The van der Waals surface area contributed by atoms with Crippen LogP contribution in [-0.2, 0) is 4.79 Å². The number of carboxylic acid groups (broad SMARTS) is 1. The van der Waals surface area contributed by atoms with Gasteiger partial charge in [0, 0.05) is 18.6 Å². The van der Waals surface area contributed by atoms with Gasteiger partial charge in [0.1, 0.15) is 0 Å². The zero-order valence-electron chi connectivity index (χ0n) is 12.5. The number of hydrogen-bond donors (Lipinski definition) is 2. The molecule has 0 bridgehead atoms. The van der Waals surface area contributed by atoms with Crippen LogP contribution in [0.5, 0.6) is 0 Å². The lowest BCUT2D eigenvalue weighted by Gasteiger charge is -2.37. The van der Waals surface area contributed by atoms with Crippen LogP contribution in [0.15, 0.2) is 0 Å². The van der Waals surface area contributed by atoms with Crippen molar-refractivity contribution in [2.75, 3.05) is 6.54 Å². The van der Waals surface area contributed by atoms with Gasteiger partial charge in [0.15, 0.2) is 0 Å². The molecule has 3 unspecified atom stereocenters. The molecule has 5 heteroatoms. The van der Waals surface area contributed by atoms with Crippen molar-refractivity contribution in [2.24, 2.45) is 11.8 Å². The molecule has 1 saturated carbocycles. The summed E-state index contributed by atoms with van der Waals surface area (Å²) in [7, 11) is 0. The predicted molar refractivity (Wildman–Crippen MR) is 76.5 cm³/mol. The van der Waals surface area contributed by atoms with E-state index in [1.54, 1.807) is 4.90 Å². The molecule has 2 N–H and O–H groups in total. The maximum Gasteiger partial charge on any atom is 0.317 e. The number of nitrogens with zero attached hydrogens (tertiary/aromatic N) is 1. The minimum atomic E-state index is -0.739. The number of rotatable bonds is 5. The SMILES string of the molecule is CCC(CC1CC1)NC(=O)N1CCC(C(=O)O)CC1C. The summed E-state index contributed by atoms with van der Waals surface area (Å²) < 4.78 is 0. The summed E-state index contributed by atoms with van der Waals surface area (Å²) in [5, 5.41) is 12.2. The number of likely N-dealkylation sites (tertiary alicyclic amines) is 1. The first-order valence-electron chi connectivity index (χ1n) is 7.81. The highest BCUT2D eigenvalue weighted by Gasteiger charge is 2.33. The Bertz CT molecular complexity index is 368. The van der Waals surface area contributed by atoms with Gasteiger partial charge in [-0.15, -0.1) is 0 Å². The molecule has 0 radical (unpaired) electrons. The Hall–Kier alpha value is -1.26. The zero-order valence-corrected chi connectivity index (χ0v) is 12.5. The largest absolute Gasteiger partial charge is 0.481 e. The van der Waals surface area contributed by atoms with Crippen LogP contribution in [0.1, 0.15) is 52.4 Å². The number of amides is 2. The smallest absolute Gasteiger partial charge is 0.317 e. The minimum Gasteiger partial charge on any atom is -0.481 e. The van der Waals surface area contributed by atoms with Crippen LogP contribution in [0.25, 0.3) is 0 Å². The fourth-order valence-electron chi connectivity index (χ4n) is 3.04. The quantitative estimate of drug-likeness (QED) is 0.813. The molecule has 20 heavy (non-hydrogen) atoms. The lowest BCUT2D eigenvalue weighted by Crippen LogP contribution is -2.52. The van der Waals surface area contributed by atoms with Crippen LogP contribution >= 0.6 is 0 Å². The Balaban J connectivity index is 1.83. The van der Waals surface area contributed by atoms with Crippen molar-refractivity contribution in [3.8, 4) is 0 Å². The van der Waals surface area contributed by atoms with E-state index >= 15 is 0 Å². The van der Waals surface area contributed by atoms with E-state index in [0.717, 1.165) is 18.8 Å². The van der Waals surface area contributed by atoms with E-state index in [-0.39, 0.29) is 24.0 Å². The summed E-state index contributed by atoms with van der Waals surface area (Å²) in [6.07, 6.45) is 5.76. The van der Waals surface area contributed by atoms with Crippen molar-refractivity contribution in [1.29, 1.82) is 0 Å². The summed E-state index contributed by atoms with van der Waals surface area (Å²) in [4.78, 5) is 25.1. The number of hydrogen-bond acceptors (Lipinski definition) is 2. The van der Waals surface area contributed by atoms with E-state index < -0.39 is 5.97 Å². The van der Waals surface area contributed by atoms with Crippen molar-refractivity contribution in [3.05, 3.63) is 0 Å². The van der Waals surface area contributed by atoms with Gasteiger partial charge < -0.3 is 15.3 Å². The summed E-state index contributed by atoms with van der Waals surface area (Å²) in [5.41, 5.74) is 0. The Morgan fingerprint density at radius 2 is 2.05 bits per heavy atom. The first-order valence-corrected chi connectivity index (χ1v) is 7.81. The molecule has 0 spiro atoms. The van der Waals surface area contributed by atoms with Gasteiger partial charge in [-0.05, 0) is 38.5 Å². The lowest BCUT2D eigenvalue weighted by atomic mass is 9.92. The van der Waals surface area contributed by atoms with Gasteiger partial charge in [0.25, 0.3) is 0 Å². The average Bonchev–Trinajstić information content (AvgIpc) is 3.21. The van der Waals surface area contributed by atoms with Crippen molar-refractivity contribution in [1.82, 2.24) is 10.2 Å². The van der Waals surface area contributed by atoms with Gasteiger partial charge >= 0.3 is 12.0 Å². The molecule has 1 saturated heterocycles. The maximum atomic E-state index is 12.3. The number of urea groups is 1. The average molecular weight is 282 g/mol. The topological polar surface area (TPSA) is 69.6 Å². The molecule has 0 aromatic carbocycles. The molecule has 114 valence electrons. The molecular weight excluding hydrogens is 256 g/mol. The molecule has 2 amide bonds. The number of aliphatic carboxylic acids is 1. The van der Waals surface area contributed by atoms with Crippen molar-refractivity contribution < 1.29 is 14.7 Å². The Labute approximate surface area is 120 Å². The zero-order chi connectivity index (χ0) is 14.7. The minimum absolute atomic E-state index is 0.00304. The number of carboxylic acids is 1. The molecule has 3 atom stereocenters. The Kier molecular flexibility index (Phi) is 4.89. The van der Waals surface area contributed by atoms with Crippen molar-refractivity contribution >= 4 is 12.0 Å². The first kappa shape index (κ1) is 15.1. The van der Waals surface area contributed by atoms with E-state index in [2.05, 4.69) is 12.2 Å². The molecular formula is C15H26N2O3. The van der Waals surface area contributed by atoms with Gasteiger partial charge in [-0.1, -0.05) is 19.8 Å². The summed E-state index contributed by atoms with van der Waals surface area (Å²) in [5.74, 6) is -0.241. The van der Waals surface area contributed by atoms with Crippen LogP contribution in [0.2, 0.25) is 0 Å². The van der Waals surface area contributed by atoms with Crippen LogP contribution in [0.4, 0.5) is 4.79 Å². The van der Waals surface area contributed by atoms with E-state index in [1.165, 1.54) is 12.8 Å². The van der Waals surface area contributed by atoms with E-state index in [0.29, 0.717) is 19.4 Å². The third-order valence-corrected chi connectivity index (χ3v) is 4.62. The van der Waals surface area contributed by atoms with Gasteiger partial charge in [-0.2, -0.15) is 0 Å². The van der Waals surface area contributed by atoms with Gasteiger partial charge in [-0.3, -0.25) is 4.79 Å². The molecule has 5 nitrogen and oxygen atoms in total. The molecule has 0 aromatic rings. The summed E-state index contributed by atoms with van der Waals surface area (Å²) in [6, 6.07) is 0.247. The normalized spacial score (nSPS) is 28.0.